The molecule has 0 fully saturated rings. The molecule has 0 bridgehead atoms. The summed E-state index contributed by atoms with van der Waals surface area (Å²) >= 11 is 1.29. The number of hydrogen-bond donors (Lipinski definition) is 2. The Kier molecular flexibility index (Phi) is 7.31. The van der Waals surface area contributed by atoms with E-state index in [9.17, 15) is 18.8 Å². The number of carbonyl (C=O) groups is 3. The van der Waals surface area contributed by atoms with Crippen molar-refractivity contribution in [3.05, 3.63) is 70.9 Å². The fourth-order valence-electron chi connectivity index (χ4n) is 3.61. The van der Waals surface area contributed by atoms with Gasteiger partial charge in [0, 0.05) is 30.7 Å². The second-order valence-electron chi connectivity index (χ2n) is 8.16. The first kappa shape index (κ1) is 24.2. The minimum atomic E-state index is -0.415. The third kappa shape index (κ3) is 6.15. The Balaban J connectivity index is 1.41. The Morgan fingerprint density at radius 1 is 1.11 bits per heavy atom. The maximum atomic E-state index is 13.1. The zero-order valence-corrected chi connectivity index (χ0v) is 20.1. The number of carbonyl (C=O) groups excluding carboxylic acids is 3. The van der Waals surface area contributed by atoms with Gasteiger partial charge in [-0.05, 0) is 30.2 Å². The largest absolute Gasteiger partial charge is 0.350 e. The lowest BCUT2D eigenvalue weighted by molar-refractivity contribution is -0.132. The molecule has 0 saturated carbocycles. The highest BCUT2D eigenvalue weighted by Crippen LogP contribution is 2.26. The minimum Gasteiger partial charge on any atom is -0.350 e. The molecule has 2 N–H and O–H groups in total. The highest BCUT2D eigenvalue weighted by molar-refractivity contribution is 7.14. The third-order valence-electron chi connectivity index (χ3n) is 5.46. The van der Waals surface area contributed by atoms with Crippen molar-refractivity contribution in [3.8, 4) is 11.3 Å². The van der Waals surface area contributed by atoms with Crippen LogP contribution in [0.25, 0.3) is 11.3 Å². The number of amides is 3. The zero-order chi connectivity index (χ0) is 24.9. The molecule has 4 rings (SSSR count). The number of halogens is 1. The van der Waals surface area contributed by atoms with Gasteiger partial charge in [0.05, 0.1) is 18.3 Å². The molecule has 0 saturated heterocycles. The predicted molar refractivity (Wildman–Crippen MR) is 132 cm³/mol. The summed E-state index contributed by atoms with van der Waals surface area (Å²) in [6.45, 7) is 3.55. The molecule has 180 valence electrons. The second kappa shape index (κ2) is 10.6. The van der Waals surface area contributed by atoms with Gasteiger partial charge in [-0.15, -0.1) is 11.3 Å². The normalized spacial score (nSPS) is 14.3. The van der Waals surface area contributed by atoms with Crippen molar-refractivity contribution in [3.63, 3.8) is 0 Å². The highest BCUT2D eigenvalue weighted by atomic mass is 32.1. The van der Waals surface area contributed by atoms with Crippen LogP contribution < -0.4 is 10.6 Å². The molecular weight excluding hydrogens is 469 g/mol. The van der Waals surface area contributed by atoms with E-state index in [-0.39, 0.29) is 48.8 Å². The first-order valence-electron chi connectivity index (χ1n) is 11.0. The molecule has 0 radical (unpaired) electrons. The van der Waals surface area contributed by atoms with Crippen LogP contribution in [-0.4, -0.2) is 33.4 Å². The van der Waals surface area contributed by atoms with Crippen molar-refractivity contribution in [2.75, 3.05) is 5.32 Å². The van der Waals surface area contributed by atoms with Crippen molar-refractivity contribution >= 4 is 39.9 Å². The topological polar surface area (TPSA) is 104 Å². The van der Waals surface area contributed by atoms with Crippen molar-refractivity contribution in [2.24, 2.45) is 5.10 Å². The summed E-state index contributed by atoms with van der Waals surface area (Å²) < 4.78 is 13.1. The smallest absolute Gasteiger partial charge is 0.273 e. The van der Waals surface area contributed by atoms with Crippen LogP contribution in [0.3, 0.4) is 0 Å². The van der Waals surface area contributed by atoms with Crippen molar-refractivity contribution in [2.45, 2.75) is 39.3 Å². The van der Waals surface area contributed by atoms with Crippen LogP contribution in [-0.2, 0) is 20.9 Å². The molecule has 1 aromatic heterocycles. The number of hydrogen-bond acceptors (Lipinski definition) is 6. The van der Waals surface area contributed by atoms with E-state index in [0.717, 1.165) is 11.1 Å². The molecule has 0 spiro atoms. The summed E-state index contributed by atoms with van der Waals surface area (Å²) in [5, 5.41) is 13.3. The van der Waals surface area contributed by atoms with E-state index >= 15 is 0 Å². The molecule has 3 amide bonds. The number of anilines is 1. The summed E-state index contributed by atoms with van der Waals surface area (Å²) in [6.07, 6.45) is 0.399. The number of rotatable bonds is 7. The Hall–Kier alpha value is -3.92. The van der Waals surface area contributed by atoms with Gasteiger partial charge in [0.25, 0.3) is 5.91 Å². The quantitative estimate of drug-likeness (QED) is 0.513. The molecule has 1 atom stereocenters. The van der Waals surface area contributed by atoms with Gasteiger partial charge in [-0.3, -0.25) is 19.7 Å². The Morgan fingerprint density at radius 2 is 1.83 bits per heavy atom. The van der Waals surface area contributed by atoms with Gasteiger partial charge in [0.15, 0.2) is 5.13 Å². The number of hydrazone groups is 1. The molecule has 8 nitrogen and oxygen atoms in total. The number of nitrogens with one attached hydrogen (secondary N) is 2. The van der Waals surface area contributed by atoms with Crippen LogP contribution in [0.5, 0.6) is 0 Å². The fourth-order valence-corrected chi connectivity index (χ4v) is 4.33. The van der Waals surface area contributed by atoms with Crippen LogP contribution in [0.2, 0.25) is 0 Å². The predicted octanol–water partition coefficient (Wildman–Crippen LogP) is 4.26. The molecular formula is C25H24FN5O3S. The van der Waals surface area contributed by atoms with Gasteiger partial charge in [0.1, 0.15) is 11.5 Å². The van der Waals surface area contributed by atoms with Crippen LogP contribution in [0.15, 0.2) is 59.0 Å². The summed E-state index contributed by atoms with van der Waals surface area (Å²) in [5.41, 5.74) is 3.52. The van der Waals surface area contributed by atoms with Gasteiger partial charge >= 0.3 is 0 Å². The minimum absolute atomic E-state index is 0.0908. The molecule has 2 heterocycles. The molecule has 0 aliphatic carbocycles. The standard InChI is InChI=1S/C25H24FN5O3S/c1-15(27-16(2)32)18-5-7-19(8-6-18)22-14-35-25(28-22)29-24(34)21-11-12-23(33)31(30-21)13-17-3-9-20(26)10-4-17/h3-10,14-15H,11-13H2,1-2H3,(H,27,32)(H,28,29,34). The van der Waals surface area contributed by atoms with Gasteiger partial charge in [-0.1, -0.05) is 36.4 Å². The van der Waals surface area contributed by atoms with E-state index in [1.807, 2.05) is 36.6 Å². The number of thiazole rings is 1. The molecule has 1 aliphatic rings. The number of nitrogens with zero attached hydrogens (tertiary/aromatic N) is 3. The Bertz CT molecular complexity index is 1270. The Labute approximate surface area is 205 Å². The van der Waals surface area contributed by atoms with E-state index in [2.05, 4.69) is 20.7 Å². The van der Waals surface area contributed by atoms with E-state index in [0.29, 0.717) is 16.4 Å². The van der Waals surface area contributed by atoms with Crippen LogP contribution in [0, 0.1) is 5.82 Å². The van der Waals surface area contributed by atoms with Crippen LogP contribution in [0.1, 0.15) is 43.9 Å². The van der Waals surface area contributed by atoms with Crippen molar-refractivity contribution in [1.82, 2.24) is 15.3 Å². The fraction of sp³-hybridized carbons (Fsp3) is 0.240. The monoisotopic (exact) mass is 493 g/mol. The lowest BCUT2D eigenvalue weighted by Crippen LogP contribution is -2.36. The second-order valence-corrected chi connectivity index (χ2v) is 9.02. The van der Waals surface area contributed by atoms with E-state index in [1.54, 1.807) is 12.1 Å². The highest BCUT2D eigenvalue weighted by Gasteiger charge is 2.25. The average molecular weight is 494 g/mol. The first-order chi connectivity index (χ1) is 16.8. The van der Waals surface area contributed by atoms with Crippen LogP contribution >= 0.6 is 11.3 Å². The summed E-state index contributed by atoms with van der Waals surface area (Å²) in [6, 6.07) is 13.4. The van der Waals surface area contributed by atoms with Gasteiger partial charge in [-0.25, -0.2) is 14.4 Å². The summed E-state index contributed by atoms with van der Waals surface area (Å²) in [4.78, 5) is 40.8. The van der Waals surface area contributed by atoms with Crippen LogP contribution in [0.4, 0.5) is 9.52 Å². The zero-order valence-electron chi connectivity index (χ0n) is 19.2. The molecule has 1 unspecified atom stereocenters. The van der Waals surface area contributed by atoms with Crippen molar-refractivity contribution < 1.29 is 18.8 Å². The average Bonchev–Trinajstić information content (AvgIpc) is 3.30. The molecule has 35 heavy (non-hydrogen) atoms. The number of aromatic nitrogens is 1. The van der Waals surface area contributed by atoms with E-state index in [1.165, 1.54) is 35.4 Å². The maximum absolute atomic E-state index is 13.1. The lowest BCUT2D eigenvalue weighted by Gasteiger charge is -2.23. The summed E-state index contributed by atoms with van der Waals surface area (Å²) in [7, 11) is 0. The molecule has 10 heteroatoms. The SMILES string of the molecule is CC(=O)NC(C)c1ccc(-c2csc(NC(=O)C3=NN(Cc4ccc(F)cc4)C(=O)CC3)n2)cc1. The van der Waals surface area contributed by atoms with E-state index < -0.39 is 5.91 Å². The molecule has 3 aromatic rings. The number of benzene rings is 2. The third-order valence-corrected chi connectivity index (χ3v) is 6.22. The molecule has 2 aromatic carbocycles. The van der Waals surface area contributed by atoms with Gasteiger partial charge in [-0.2, -0.15) is 5.10 Å². The van der Waals surface area contributed by atoms with Gasteiger partial charge < -0.3 is 5.32 Å². The Morgan fingerprint density at radius 3 is 2.51 bits per heavy atom. The van der Waals surface area contributed by atoms with E-state index in [4.69, 9.17) is 0 Å². The molecule has 1 aliphatic heterocycles. The van der Waals surface area contributed by atoms with Crippen molar-refractivity contribution in [1.29, 1.82) is 0 Å². The maximum Gasteiger partial charge on any atom is 0.273 e. The van der Waals surface area contributed by atoms with Gasteiger partial charge in [0.2, 0.25) is 11.8 Å². The summed E-state index contributed by atoms with van der Waals surface area (Å²) in [5.74, 6) is -1.06. The first-order valence-corrected chi connectivity index (χ1v) is 11.9. The lowest BCUT2D eigenvalue weighted by atomic mass is 10.1.